The van der Waals surface area contributed by atoms with Crippen LogP contribution in [0, 0.1) is 0 Å². The van der Waals surface area contributed by atoms with E-state index in [1.807, 2.05) is 182 Å². The van der Waals surface area contributed by atoms with Gasteiger partial charge in [-0.2, -0.15) is 0 Å². The van der Waals surface area contributed by atoms with Gasteiger partial charge in [-0.1, -0.05) is 182 Å². The van der Waals surface area contributed by atoms with Crippen LogP contribution in [0.5, 0.6) is 0 Å². The third kappa shape index (κ3) is 12.0. The molecule has 6 aromatic rings. The minimum absolute atomic E-state index is 0.104. The summed E-state index contributed by atoms with van der Waals surface area (Å²) in [6.45, 7) is 0.927. The number of benzene rings is 6. The minimum atomic E-state index is -1.42. The molecule has 16 nitrogen and oxygen atoms in total. The van der Waals surface area contributed by atoms with Crippen LogP contribution in [0.1, 0.15) is 52.3 Å². The standard InChI is InChI=1S/C61H64O16/c1-63-60-54(52(65-33-39-22-10-3-11-23-39)49-45(71-60)36-68-57(74-49)42-28-16-6-17-29-42)77-61-55(53(66-34-40-24-12-4-13-25-40)50-46(72-61)37-69-58(75-50)43-30-18-7-19-31-43)76-59-47(62)51(64-32-38-20-8-2-9-21-38)48-44(70-59)35-67-56(73-48)41-26-14-5-15-27-41/h2-31,44-62H,32-37H2,1H3/t44-,45-,46-,47+,48-,49-,50-,51-,52+,53+,54+,55+,56-,57-,58-,59+,60+,61+/m1/s1. The summed E-state index contributed by atoms with van der Waals surface area (Å²) in [5.74, 6) is 0. The maximum absolute atomic E-state index is 12.7. The Morgan fingerprint density at radius 1 is 0.364 bits per heavy atom. The molecule has 18 atom stereocenters. The highest BCUT2D eigenvalue weighted by Gasteiger charge is 2.59. The Kier molecular flexibility index (Phi) is 16.9. The number of aliphatic hydroxyl groups excluding tert-OH is 1. The van der Waals surface area contributed by atoms with Crippen LogP contribution in [-0.4, -0.2) is 124 Å². The predicted molar refractivity (Wildman–Crippen MR) is 274 cm³/mol. The topological polar surface area (TPSA) is 159 Å². The van der Waals surface area contributed by atoms with Crippen molar-refractivity contribution in [3.8, 4) is 0 Å². The van der Waals surface area contributed by atoms with Gasteiger partial charge in [0.1, 0.15) is 73.2 Å². The first-order valence-corrected chi connectivity index (χ1v) is 26.4. The smallest absolute Gasteiger partial charge is 0.187 e. The van der Waals surface area contributed by atoms with E-state index in [-0.39, 0.29) is 39.6 Å². The molecule has 0 spiro atoms. The molecule has 6 aliphatic rings. The third-order valence-corrected chi connectivity index (χ3v) is 14.8. The first-order chi connectivity index (χ1) is 38.0. The van der Waals surface area contributed by atoms with E-state index in [1.165, 1.54) is 0 Å². The van der Waals surface area contributed by atoms with Crippen LogP contribution in [0.2, 0.25) is 0 Å². The predicted octanol–water partition coefficient (Wildman–Crippen LogP) is 8.04. The number of aliphatic hydroxyl groups is 1. The van der Waals surface area contributed by atoms with Crippen molar-refractivity contribution in [1.82, 2.24) is 0 Å². The lowest BCUT2D eigenvalue weighted by molar-refractivity contribution is -0.429. The van der Waals surface area contributed by atoms with Crippen LogP contribution < -0.4 is 0 Å². The number of hydrogen-bond donors (Lipinski definition) is 1. The lowest BCUT2D eigenvalue weighted by Crippen LogP contribution is -2.69. The van der Waals surface area contributed by atoms with Gasteiger partial charge >= 0.3 is 0 Å². The zero-order chi connectivity index (χ0) is 51.9. The van der Waals surface area contributed by atoms with Crippen LogP contribution in [0.15, 0.2) is 182 Å². The van der Waals surface area contributed by atoms with Crippen molar-refractivity contribution in [2.24, 2.45) is 0 Å². The Morgan fingerprint density at radius 3 is 1.06 bits per heavy atom. The molecule has 0 bridgehead atoms. The quantitative estimate of drug-likeness (QED) is 0.0935. The van der Waals surface area contributed by atoms with Gasteiger partial charge in [0.15, 0.2) is 37.7 Å². The molecular weight excluding hydrogens is 989 g/mol. The van der Waals surface area contributed by atoms with Crippen molar-refractivity contribution >= 4 is 0 Å². The lowest BCUT2D eigenvalue weighted by Gasteiger charge is -2.53. The van der Waals surface area contributed by atoms with Crippen LogP contribution in [0.3, 0.4) is 0 Å². The number of rotatable bonds is 17. The normalized spacial score (nSPS) is 35.0. The van der Waals surface area contributed by atoms with Gasteiger partial charge in [0.2, 0.25) is 0 Å². The summed E-state index contributed by atoms with van der Waals surface area (Å²) in [5.41, 5.74) is 5.21. The van der Waals surface area contributed by atoms with Gasteiger partial charge < -0.3 is 76.2 Å². The molecule has 0 aliphatic carbocycles. The summed E-state index contributed by atoms with van der Waals surface area (Å²) < 4.78 is 101. The van der Waals surface area contributed by atoms with Gasteiger partial charge in [-0.25, -0.2) is 0 Å². The Balaban J connectivity index is 0.907. The number of ether oxygens (including phenoxy) is 15. The molecule has 16 heteroatoms. The lowest BCUT2D eigenvalue weighted by atomic mass is 9.94. The van der Waals surface area contributed by atoms with Gasteiger partial charge in [0.25, 0.3) is 0 Å². The highest BCUT2D eigenvalue weighted by molar-refractivity contribution is 5.21. The second kappa shape index (κ2) is 24.8. The van der Waals surface area contributed by atoms with Crippen LogP contribution in [-0.2, 0) is 90.9 Å². The SMILES string of the molecule is CO[C@H]1O[C@@H]2CO[C@@H](c3ccccc3)O[C@H]2[C@H](OCc2ccccc2)[C@@H]1O[C@@H]1O[C@@H]2CO[C@@H](c3ccccc3)O[C@H]2[C@H](OCc2ccccc2)[C@@H]1O[C@@H]1O[C@@H]2CO[C@@H](c3ccccc3)O[C@H]2[C@H](OCc2ccccc2)[C@@H]1O. The summed E-state index contributed by atoms with van der Waals surface area (Å²) in [7, 11) is 1.55. The summed E-state index contributed by atoms with van der Waals surface area (Å²) in [4.78, 5) is 0. The molecule has 0 unspecified atom stereocenters. The zero-order valence-electron chi connectivity index (χ0n) is 42.5. The summed E-state index contributed by atoms with van der Waals surface area (Å²) in [5, 5.41) is 12.7. The highest BCUT2D eigenvalue weighted by atomic mass is 16.8. The Hall–Kier alpha value is -5.32. The molecule has 0 amide bonds. The highest BCUT2D eigenvalue weighted by Crippen LogP contribution is 2.43. The summed E-state index contributed by atoms with van der Waals surface area (Å²) in [6, 6.07) is 58.5. The van der Waals surface area contributed by atoms with Gasteiger partial charge in [0.05, 0.1) is 39.6 Å². The zero-order valence-corrected chi connectivity index (χ0v) is 42.5. The van der Waals surface area contributed by atoms with E-state index in [0.717, 1.165) is 33.4 Å². The molecule has 6 fully saturated rings. The van der Waals surface area contributed by atoms with Crippen molar-refractivity contribution in [1.29, 1.82) is 0 Å². The molecule has 0 saturated carbocycles. The molecule has 1 N–H and O–H groups in total. The van der Waals surface area contributed by atoms with E-state index < -0.39 is 111 Å². The largest absolute Gasteiger partial charge is 0.385 e. The molecule has 77 heavy (non-hydrogen) atoms. The van der Waals surface area contributed by atoms with E-state index in [0.29, 0.717) is 0 Å². The molecular formula is C61H64O16. The molecule has 6 aliphatic heterocycles. The van der Waals surface area contributed by atoms with Crippen molar-refractivity contribution in [2.45, 2.75) is 131 Å². The van der Waals surface area contributed by atoms with E-state index in [4.69, 9.17) is 71.1 Å². The summed E-state index contributed by atoms with van der Waals surface area (Å²) >= 11 is 0. The second-order valence-electron chi connectivity index (χ2n) is 19.9. The molecule has 6 saturated heterocycles. The van der Waals surface area contributed by atoms with Crippen LogP contribution in [0.25, 0.3) is 0 Å². The minimum Gasteiger partial charge on any atom is -0.385 e. The molecule has 0 aromatic heterocycles. The van der Waals surface area contributed by atoms with E-state index in [9.17, 15) is 5.11 Å². The number of methoxy groups -OCH3 is 1. The Bertz CT molecular complexity index is 2720. The molecule has 12 rings (SSSR count). The van der Waals surface area contributed by atoms with Crippen LogP contribution >= 0.6 is 0 Å². The van der Waals surface area contributed by atoms with Crippen molar-refractivity contribution < 1.29 is 76.2 Å². The van der Waals surface area contributed by atoms with E-state index in [2.05, 4.69) is 0 Å². The fourth-order valence-electron chi connectivity index (χ4n) is 10.9. The Morgan fingerprint density at radius 2 is 0.675 bits per heavy atom. The average molecular weight is 1050 g/mol. The van der Waals surface area contributed by atoms with Crippen molar-refractivity contribution in [3.63, 3.8) is 0 Å². The molecule has 0 radical (unpaired) electrons. The fraction of sp³-hybridized carbons (Fsp3) is 0.410. The average Bonchev–Trinajstić information content (AvgIpc) is 3.54. The van der Waals surface area contributed by atoms with Crippen LogP contribution in [0.4, 0.5) is 0 Å². The molecule has 6 aromatic carbocycles. The maximum atomic E-state index is 12.7. The van der Waals surface area contributed by atoms with Gasteiger partial charge in [0, 0.05) is 23.8 Å². The number of hydrogen-bond acceptors (Lipinski definition) is 16. The maximum Gasteiger partial charge on any atom is 0.187 e. The van der Waals surface area contributed by atoms with Gasteiger partial charge in [-0.15, -0.1) is 0 Å². The Labute approximate surface area is 447 Å². The van der Waals surface area contributed by atoms with Crippen molar-refractivity contribution in [3.05, 3.63) is 215 Å². The first kappa shape index (κ1) is 52.4. The fourth-order valence-corrected chi connectivity index (χ4v) is 10.9. The second-order valence-corrected chi connectivity index (χ2v) is 19.9. The van der Waals surface area contributed by atoms with E-state index >= 15 is 0 Å². The molecule has 6 heterocycles. The van der Waals surface area contributed by atoms with Crippen molar-refractivity contribution in [2.75, 3.05) is 26.9 Å². The first-order valence-electron chi connectivity index (χ1n) is 26.4. The monoisotopic (exact) mass is 1050 g/mol. The van der Waals surface area contributed by atoms with Gasteiger partial charge in [-0.05, 0) is 16.7 Å². The summed E-state index contributed by atoms with van der Waals surface area (Å²) in [6.07, 6.45) is -16.7. The van der Waals surface area contributed by atoms with E-state index in [1.54, 1.807) is 7.11 Å². The number of fused-ring (bicyclic) bond motifs is 3. The molecule has 404 valence electrons. The third-order valence-electron chi connectivity index (χ3n) is 14.8. The van der Waals surface area contributed by atoms with Gasteiger partial charge in [-0.3, -0.25) is 0 Å².